The standard InChI is InChI=1S/C15H16ClN3O2/c1-9(21-8-10-2-3-10)15(20)19-13-5-4-11-6-12(16)7-17-14(11)18-13/h4-7,9-10H,2-3,8H2,1H3,(H,17,18,19,20). The Balaban J connectivity index is 1.65. The van der Waals surface area contributed by atoms with Gasteiger partial charge in [-0.25, -0.2) is 9.97 Å². The van der Waals surface area contributed by atoms with Gasteiger partial charge in [-0.3, -0.25) is 4.79 Å². The van der Waals surface area contributed by atoms with E-state index in [0.717, 1.165) is 5.39 Å². The second kappa shape index (κ2) is 5.95. The number of hydrogen-bond donors (Lipinski definition) is 1. The maximum atomic E-state index is 12.0. The quantitative estimate of drug-likeness (QED) is 0.922. The van der Waals surface area contributed by atoms with Crippen LogP contribution in [0.1, 0.15) is 19.8 Å². The van der Waals surface area contributed by atoms with Crippen molar-refractivity contribution < 1.29 is 9.53 Å². The molecule has 1 atom stereocenters. The minimum absolute atomic E-state index is 0.198. The summed E-state index contributed by atoms with van der Waals surface area (Å²) in [6, 6.07) is 5.34. The normalized spacial score (nSPS) is 15.9. The van der Waals surface area contributed by atoms with Gasteiger partial charge in [0.2, 0.25) is 0 Å². The van der Waals surface area contributed by atoms with Gasteiger partial charge in [0.1, 0.15) is 11.9 Å². The van der Waals surface area contributed by atoms with Crippen LogP contribution in [0.25, 0.3) is 11.0 Å². The number of nitrogens with one attached hydrogen (secondary N) is 1. The van der Waals surface area contributed by atoms with E-state index in [1.54, 1.807) is 19.1 Å². The Labute approximate surface area is 127 Å². The molecule has 1 saturated carbocycles. The lowest BCUT2D eigenvalue weighted by Gasteiger charge is -2.12. The van der Waals surface area contributed by atoms with E-state index in [2.05, 4.69) is 15.3 Å². The number of carbonyl (C=O) groups excluding carboxylic acids is 1. The second-order valence-corrected chi connectivity index (χ2v) is 5.74. The number of hydrogen-bond acceptors (Lipinski definition) is 4. The number of aromatic nitrogens is 2. The summed E-state index contributed by atoms with van der Waals surface area (Å²) in [6.45, 7) is 2.40. The van der Waals surface area contributed by atoms with Gasteiger partial charge < -0.3 is 10.1 Å². The second-order valence-electron chi connectivity index (χ2n) is 5.30. The lowest BCUT2D eigenvalue weighted by atomic mass is 10.3. The molecule has 1 aliphatic rings. The van der Waals surface area contributed by atoms with Gasteiger partial charge in [0.25, 0.3) is 5.91 Å². The number of anilines is 1. The van der Waals surface area contributed by atoms with Crippen LogP contribution >= 0.6 is 11.6 Å². The molecule has 1 amide bonds. The lowest BCUT2D eigenvalue weighted by Crippen LogP contribution is -2.28. The molecule has 1 fully saturated rings. The topological polar surface area (TPSA) is 64.1 Å². The number of halogens is 1. The van der Waals surface area contributed by atoms with Crippen LogP contribution in [0.2, 0.25) is 5.02 Å². The number of ether oxygens (including phenoxy) is 1. The molecule has 2 aromatic rings. The number of nitrogens with zero attached hydrogens (tertiary/aromatic N) is 2. The zero-order valence-electron chi connectivity index (χ0n) is 11.7. The van der Waals surface area contributed by atoms with E-state index in [1.165, 1.54) is 19.0 Å². The van der Waals surface area contributed by atoms with Crippen LogP contribution in [0.3, 0.4) is 0 Å². The number of rotatable bonds is 5. The van der Waals surface area contributed by atoms with E-state index in [0.29, 0.717) is 29.0 Å². The summed E-state index contributed by atoms with van der Waals surface area (Å²) in [7, 11) is 0. The van der Waals surface area contributed by atoms with E-state index in [-0.39, 0.29) is 5.91 Å². The summed E-state index contributed by atoms with van der Waals surface area (Å²) >= 11 is 5.87. The molecule has 110 valence electrons. The Morgan fingerprint density at radius 1 is 1.52 bits per heavy atom. The number of amides is 1. The first-order valence-corrected chi connectivity index (χ1v) is 7.34. The predicted octanol–water partition coefficient (Wildman–Crippen LogP) is 3.04. The highest BCUT2D eigenvalue weighted by Gasteiger charge is 2.24. The van der Waals surface area contributed by atoms with Gasteiger partial charge in [0.05, 0.1) is 11.6 Å². The van der Waals surface area contributed by atoms with E-state index >= 15 is 0 Å². The van der Waals surface area contributed by atoms with Crippen LogP contribution in [0.15, 0.2) is 24.4 Å². The van der Waals surface area contributed by atoms with Crippen LogP contribution < -0.4 is 5.32 Å². The third kappa shape index (κ3) is 3.68. The average molecular weight is 306 g/mol. The van der Waals surface area contributed by atoms with Crippen molar-refractivity contribution in [1.29, 1.82) is 0 Å². The molecule has 1 aliphatic carbocycles. The zero-order chi connectivity index (χ0) is 14.8. The lowest BCUT2D eigenvalue weighted by molar-refractivity contribution is -0.126. The van der Waals surface area contributed by atoms with Crippen LogP contribution in [-0.2, 0) is 9.53 Å². The Hall–Kier alpha value is -1.72. The molecule has 2 aromatic heterocycles. The van der Waals surface area contributed by atoms with Gasteiger partial charge in [0.15, 0.2) is 5.65 Å². The summed E-state index contributed by atoms with van der Waals surface area (Å²) in [5, 5.41) is 4.14. The first-order valence-electron chi connectivity index (χ1n) is 6.96. The molecule has 0 aromatic carbocycles. The first-order chi connectivity index (χ1) is 10.1. The highest BCUT2D eigenvalue weighted by atomic mass is 35.5. The minimum atomic E-state index is -0.485. The molecule has 0 bridgehead atoms. The molecule has 6 heteroatoms. The van der Waals surface area contributed by atoms with Gasteiger partial charge in [0, 0.05) is 11.6 Å². The van der Waals surface area contributed by atoms with Gasteiger partial charge in [-0.2, -0.15) is 0 Å². The summed E-state index contributed by atoms with van der Waals surface area (Å²) in [4.78, 5) is 20.4. The van der Waals surface area contributed by atoms with Crippen molar-refractivity contribution in [2.45, 2.75) is 25.9 Å². The van der Waals surface area contributed by atoms with Crippen molar-refractivity contribution in [3.05, 3.63) is 29.4 Å². The fourth-order valence-electron chi connectivity index (χ4n) is 1.92. The summed E-state index contributed by atoms with van der Waals surface area (Å²) in [5.41, 5.74) is 0.545. The maximum Gasteiger partial charge on any atom is 0.254 e. The molecule has 3 rings (SSSR count). The Kier molecular flexibility index (Phi) is 4.03. The molecule has 5 nitrogen and oxygen atoms in total. The molecule has 1 unspecified atom stereocenters. The molecule has 0 spiro atoms. The van der Waals surface area contributed by atoms with Crippen molar-refractivity contribution in [3.8, 4) is 0 Å². The first kappa shape index (κ1) is 14.2. The van der Waals surface area contributed by atoms with Gasteiger partial charge in [-0.15, -0.1) is 0 Å². The monoisotopic (exact) mass is 305 g/mol. The fourth-order valence-corrected chi connectivity index (χ4v) is 2.09. The van der Waals surface area contributed by atoms with E-state index < -0.39 is 6.10 Å². The highest BCUT2D eigenvalue weighted by molar-refractivity contribution is 6.31. The van der Waals surface area contributed by atoms with Crippen molar-refractivity contribution in [1.82, 2.24) is 9.97 Å². The smallest absolute Gasteiger partial charge is 0.254 e. The number of carbonyl (C=O) groups is 1. The van der Waals surface area contributed by atoms with Crippen LogP contribution in [-0.4, -0.2) is 28.6 Å². The SMILES string of the molecule is CC(OCC1CC1)C(=O)Nc1ccc2cc(Cl)cnc2n1. The molecule has 21 heavy (non-hydrogen) atoms. The van der Waals surface area contributed by atoms with Crippen molar-refractivity contribution >= 4 is 34.4 Å². The van der Waals surface area contributed by atoms with E-state index in [4.69, 9.17) is 16.3 Å². The predicted molar refractivity (Wildman–Crippen MR) is 81.3 cm³/mol. The third-order valence-electron chi connectivity index (χ3n) is 3.41. The summed E-state index contributed by atoms with van der Waals surface area (Å²) in [6.07, 6.45) is 3.45. The molecule has 0 saturated heterocycles. The Morgan fingerprint density at radius 2 is 2.33 bits per heavy atom. The van der Waals surface area contributed by atoms with Crippen LogP contribution in [0, 0.1) is 5.92 Å². The number of pyridine rings is 2. The Morgan fingerprint density at radius 3 is 3.10 bits per heavy atom. The van der Waals surface area contributed by atoms with Crippen molar-refractivity contribution in [2.24, 2.45) is 5.92 Å². The molecule has 0 radical (unpaired) electrons. The molecule has 2 heterocycles. The van der Waals surface area contributed by atoms with Crippen molar-refractivity contribution in [3.63, 3.8) is 0 Å². The van der Waals surface area contributed by atoms with Crippen molar-refractivity contribution in [2.75, 3.05) is 11.9 Å². The van der Waals surface area contributed by atoms with Gasteiger partial charge in [-0.05, 0) is 43.9 Å². The average Bonchev–Trinajstić information content (AvgIpc) is 3.29. The van der Waals surface area contributed by atoms with E-state index in [1.807, 2.05) is 6.07 Å². The Bertz CT molecular complexity index is 673. The molecular weight excluding hydrogens is 290 g/mol. The van der Waals surface area contributed by atoms with E-state index in [9.17, 15) is 4.79 Å². The van der Waals surface area contributed by atoms with Gasteiger partial charge >= 0.3 is 0 Å². The molecule has 1 N–H and O–H groups in total. The highest BCUT2D eigenvalue weighted by Crippen LogP contribution is 2.29. The fraction of sp³-hybridized carbons (Fsp3) is 0.400. The molecular formula is C15H16ClN3O2. The molecule has 0 aliphatic heterocycles. The largest absolute Gasteiger partial charge is 0.368 e. The van der Waals surface area contributed by atoms with Crippen LogP contribution in [0.4, 0.5) is 5.82 Å². The number of fused-ring (bicyclic) bond motifs is 1. The minimum Gasteiger partial charge on any atom is -0.368 e. The maximum absolute atomic E-state index is 12.0. The van der Waals surface area contributed by atoms with Gasteiger partial charge in [-0.1, -0.05) is 11.6 Å². The third-order valence-corrected chi connectivity index (χ3v) is 3.61. The zero-order valence-corrected chi connectivity index (χ0v) is 12.4. The summed E-state index contributed by atoms with van der Waals surface area (Å²) in [5.74, 6) is 0.897. The van der Waals surface area contributed by atoms with Crippen LogP contribution in [0.5, 0.6) is 0 Å². The summed E-state index contributed by atoms with van der Waals surface area (Å²) < 4.78 is 5.53.